The number of ether oxygens (including phenoxy) is 3. The molecule has 0 aliphatic carbocycles. The maximum atomic E-state index is 12.6. The molecular formula is C20H21NO5. The maximum absolute atomic E-state index is 12.6. The van der Waals surface area contributed by atoms with E-state index in [1.54, 1.807) is 24.5 Å². The number of hydrogen-bond donors (Lipinski definition) is 0. The molecule has 0 fully saturated rings. The Morgan fingerprint density at radius 3 is 2.65 bits per heavy atom. The van der Waals surface area contributed by atoms with Gasteiger partial charge in [-0.05, 0) is 39.3 Å². The van der Waals surface area contributed by atoms with E-state index in [9.17, 15) is 9.59 Å². The summed E-state index contributed by atoms with van der Waals surface area (Å²) in [6, 6.07) is 7.80. The second-order valence-electron chi connectivity index (χ2n) is 6.05. The van der Waals surface area contributed by atoms with Crippen LogP contribution >= 0.6 is 0 Å². The van der Waals surface area contributed by atoms with Gasteiger partial charge in [0.25, 0.3) is 6.29 Å². The van der Waals surface area contributed by atoms with Crippen molar-refractivity contribution in [2.75, 3.05) is 6.61 Å². The zero-order valence-corrected chi connectivity index (χ0v) is 15.2. The van der Waals surface area contributed by atoms with Gasteiger partial charge in [0.2, 0.25) is 0 Å². The molecule has 1 atom stereocenters. The van der Waals surface area contributed by atoms with Crippen molar-refractivity contribution in [1.29, 1.82) is 0 Å². The topological polar surface area (TPSA) is 66.8 Å². The van der Waals surface area contributed by atoms with E-state index < -0.39 is 18.2 Å². The van der Waals surface area contributed by atoms with E-state index in [0.29, 0.717) is 5.57 Å². The average Bonchev–Trinajstić information content (AvgIpc) is 3.07. The number of para-hydroxylation sites is 1. The third-order valence-corrected chi connectivity index (χ3v) is 4.40. The molecule has 1 aliphatic rings. The van der Waals surface area contributed by atoms with Crippen LogP contribution in [-0.2, 0) is 23.8 Å². The van der Waals surface area contributed by atoms with Crippen LogP contribution in [0.1, 0.15) is 25.1 Å². The van der Waals surface area contributed by atoms with Crippen molar-refractivity contribution >= 4 is 28.5 Å². The van der Waals surface area contributed by atoms with Crippen LogP contribution in [0.25, 0.3) is 16.6 Å². The van der Waals surface area contributed by atoms with E-state index in [1.807, 2.05) is 38.1 Å². The molecule has 1 unspecified atom stereocenters. The van der Waals surface area contributed by atoms with Crippen LogP contribution in [0.2, 0.25) is 0 Å². The van der Waals surface area contributed by atoms with Crippen molar-refractivity contribution in [2.24, 2.45) is 0 Å². The number of cyclic esters (lactones) is 1. The van der Waals surface area contributed by atoms with Gasteiger partial charge in [0.15, 0.2) is 5.70 Å². The summed E-state index contributed by atoms with van der Waals surface area (Å²) in [5, 5.41) is 1.04. The van der Waals surface area contributed by atoms with E-state index in [1.165, 1.54) is 6.26 Å². The highest BCUT2D eigenvalue weighted by Crippen LogP contribution is 2.29. The molecule has 136 valence electrons. The minimum absolute atomic E-state index is 0.225. The Hall–Kier alpha value is -3.02. The average molecular weight is 355 g/mol. The lowest BCUT2D eigenvalue weighted by Gasteiger charge is -2.14. The van der Waals surface area contributed by atoms with Crippen LogP contribution in [-0.4, -0.2) is 29.4 Å². The fraction of sp³-hybridized carbons (Fsp3) is 0.300. The molecule has 0 amide bonds. The number of carbonyl (C=O) groups excluding carboxylic acids is 2. The van der Waals surface area contributed by atoms with Crippen LogP contribution in [0, 0.1) is 13.8 Å². The SMILES string of the molecule is CCOC(=O)/C(=C/OC1C=C(C)C(=O)O1)n1c(C)c(C)c2ccccc21. The van der Waals surface area contributed by atoms with Crippen LogP contribution in [0.4, 0.5) is 0 Å². The summed E-state index contributed by atoms with van der Waals surface area (Å²) >= 11 is 0. The molecule has 6 heteroatoms. The van der Waals surface area contributed by atoms with Gasteiger partial charge in [0, 0.05) is 22.7 Å². The zero-order valence-electron chi connectivity index (χ0n) is 15.2. The molecule has 3 rings (SSSR count). The number of hydrogen-bond acceptors (Lipinski definition) is 5. The van der Waals surface area contributed by atoms with Crippen molar-refractivity contribution in [1.82, 2.24) is 4.57 Å². The first-order valence-corrected chi connectivity index (χ1v) is 8.43. The molecule has 2 aromatic rings. The van der Waals surface area contributed by atoms with Gasteiger partial charge in [-0.1, -0.05) is 18.2 Å². The minimum atomic E-state index is -0.852. The van der Waals surface area contributed by atoms with Crippen molar-refractivity contribution in [3.8, 4) is 0 Å². The third-order valence-electron chi connectivity index (χ3n) is 4.40. The molecule has 6 nitrogen and oxygen atoms in total. The number of benzene rings is 1. The van der Waals surface area contributed by atoms with E-state index >= 15 is 0 Å². The first-order valence-electron chi connectivity index (χ1n) is 8.43. The Bertz CT molecular complexity index is 935. The minimum Gasteiger partial charge on any atom is -0.461 e. The first kappa shape index (κ1) is 17.8. The summed E-state index contributed by atoms with van der Waals surface area (Å²) in [4.78, 5) is 24.0. The number of fused-ring (bicyclic) bond motifs is 1. The molecule has 1 aliphatic heterocycles. The molecule has 0 saturated heterocycles. The molecule has 2 heterocycles. The highest BCUT2D eigenvalue weighted by Gasteiger charge is 2.25. The van der Waals surface area contributed by atoms with Crippen molar-refractivity contribution in [3.63, 3.8) is 0 Å². The van der Waals surface area contributed by atoms with E-state index in [0.717, 1.165) is 22.2 Å². The molecule has 0 spiro atoms. The van der Waals surface area contributed by atoms with Gasteiger partial charge in [-0.15, -0.1) is 0 Å². The van der Waals surface area contributed by atoms with Crippen LogP contribution in [0.5, 0.6) is 0 Å². The second kappa shape index (κ2) is 7.07. The number of esters is 2. The summed E-state index contributed by atoms with van der Waals surface area (Å²) in [5.74, 6) is -0.944. The summed E-state index contributed by atoms with van der Waals surface area (Å²) in [7, 11) is 0. The van der Waals surface area contributed by atoms with E-state index in [-0.39, 0.29) is 12.3 Å². The Labute approximate surface area is 151 Å². The lowest BCUT2D eigenvalue weighted by atomic mass is 10.2. The molecule has 0 saturated carbocycles. The fourth-order valence-electron chi connectivity index (χ4n) is 2.94. The quantitative estimate of drug-likeness (QED) is 0.467. The van der Waals surface area contributed by atoms with E-state index in [4.69, 9.17) is 14.2 Å². The third kappa shape index (κ3) is 3.10. The summed E-state index contributed by atoms with van der Waals surface area (Å²) in [5.41, 5.74) is 3.55. The monoisotopic (exact) mass is 355 g/mol. The van der Waals surface area contributed by atoms with Crippen LogP contribution < -0.4 is 0 Å². The van der Waals surface area contributed by atoms with Gasteiger partial charge < -0.3 is 18.8 Å². The summed E-state index contributed by atoms with van der Waals surface area (Å²) in [6.45, 7) is 7.57. The van der Waals surface area contributed by atoms with Gasteiger partial charge in [-0.2, -0.15) is 0 Å². The molecule has 1 aromatic heterocycles. The van der Waals surface area contributed by atoms with Crippen molar-refractivity contribution < 1.29 is 23.8 Å². The standard InChI is InChI=1S/C20H21NO5/c1-5-24-20(23)17(11-25-18-10-12(2)19(22)26-18)21-14(4)13(3)15-8-6-7-9-16(15)21/h6-11,18H,5H2,1-4H3/b17-11-. The van der Waals surface area contributed by atoms with Gasteiger partial charge in [-0.25, -0.2) is 9.59 Å². The molecule has 0 bridgehead atoms. The Morgan fingerprint density at radius 2 is 2.00 bits per heavy atom. The highest BCUT2D eigenvalue weighted by atomic mass is 16.7. The number of aromatic nitrogens is 1. The normalized spacial score (nSPS) is 17.2. The summed E-state index contributed by atoms with van der Waals surface area (Å²) in [6.07, 6.45) is 2.01. The largest absolute Gasteiger partial charge is 0.461 e. The van der Waals surface area contributed by atoms with Gasteiger partial charge in [0.05, 0.1) is 12.1 Å². The zero-order chi connectivity index (χ0) is 18.8. The second-order valence-corrected chi connectivity index (χ2v) is 6.05. The van der Waals surface area contributed by atoms with Crippen LogP contribution in [0.15, 0.2) is 42.2 Å². The van der Waals surface area contributed by atoms with Gasteiger partial charge in [-0.3, -0.25) is 0 Å². The Kier molecular flexibility index (Phi) is 4.84. The Balaban J connectivity index is 2.05. The number of nitrogens with zero attached hydrogens (tertiary/aromatic N) is 1. The maximum Gasteiger partial charge on any atom is 0.358 e. The molecule has 0 N–H and O–H groups in total. The molecule has 26 heavy (non-hydrogen) atoms. The lowest BCUT2D eigenvalue weighted by molar-refractivity contribution is -0.152. The smallest absolute Gasteiger partial charge is 0.358 e. The molecule has 0 radical (unpaired) electrons. The number of carbonyl (C=O) groups is 2. The van der Waals surface area contributed by atoms with Crippen molar-refractivity contribution in [3.05, 3.63) is 53.4 Å². The molecule has 1 aromatic carbocycles. The number of aryl methyl sites for hydroxylation is 1. The fourth-order valence-corrected chi connectivity index (χ4v) is 2.94. The van der Waals surface area contributed by atoms with E-state index in [2.05, 4.69) is 0 Å². The van der Waals surface area contributed by atoms with Crippen molar-refractivity contribution in [2.45, 2.75) is 34.0 Å². The lowest BCUT2D eigenvalue weighted by Crippen LogP contribution is -2.16. The van der Waals surface area contributed by atoms with Gasteiger partial charge in [0.1, 0.15) is 6.26 Å². The van der Waals surface area contributed by atoms with Gasteiger partial charge >= 0.3 is 11.9 Å². The van der Waals surface area contributed by atoms with Crippen LogP contribution in [0.3, 0.4) is 0 Å². The molecular weight excluding hydrogens is 334 g/mol. The summed E-state index contributed by atoms with van der Waals surface area (Å²) < 4.78 is 17.6. The predicted octanol–water partition coefficient (Wildman–Crippen LogP) is 3.47. The predicted molar refractivity (Wildman–Crippen MR) is 97.0 cm³/mol. The first-order chi connectivity index (χ1) is 12.4. The highest BCUT2D eigenvalue weighted by molar-refractivity contribution is 6.12. The Morgan fingerprint density at radius 1 is 1.27 bits per heavy atom. The number of rotatable bonds is 5.